The van der Waals surface area contributed by atoms with Crippen molar-refractivity contribution in [3.8, 4) is 0 Å². The molecule has 5 nitrogen and oxygen atoms in total. The van der Waals surface area contributed by atoms with Gasteiger partial charge in [0.25, 0.3) is 0 Å². The first kappa shape index (κ1) is 14.5. The lowest BCUT2D eigenvalue weighted by Gasteiger charge is -2.17. The maximum atomic E-state index is 12.0. The number of carbonyl (C=O) groups is 2. The third-order valence-electron chi connectivity index (χ3n) is 3.52. The van der Waals surface area contributed by atoms with E-state index in [1.807, 2.05) is 38.1 Å². The highest BCUT2D eigenvalue weighted by atomic mass is 16.5. The molecule has 1 heterocycles. The number of carboxylic acid groups (broad SMARTS) is 1. The van der Waals surface area contributed by atoms with Crippen LogP contribution in [0.25, 0.3) is 0 Å². The summed E-state index contributed by atoms with van der Waals surface area (Å²) >= 11 is 0. The molecule has 0 aromatic heterocycles. The van der Waals surface area contributed by atoms with Crippen molar-refractivity contribution in [2.75, 3.05) is 0 Å². The van der Waals surface area contributed by atoms with E-state index in [0.29, 0.717) is 12.8 Å². The number of aliphatic carboxylic acids is 1. The van der Waals surface area contributed by atoms with Crippen molar-refractivity contribution in [1.82, 2.24) is 5.32 Å². The predicted molar refractivity (Wildman–Crippen MR) is 73.3 cm³/mol. The number of carboxylic acids is 1. The Morgan fingerprint density at radius 2 is 1.85 bits per heavy atom. The fourth-order valence-corrected chi connectivity index (χ4v) is 2.26. The molecule has 0 spiro atoms. The number of ether oxygens (including phenoxy) is 1. The summed E-state index contributed by atoms with van der Waals surface area (Å²) in [5, 5.41) is 11.7. The van der Waals surface area contributed by atoms with E-state index in [9.17, 15) is 9.59 Å². The quantitative estimate of drug-likeness (QED) is 0.880. The fraction of sp³-hybridized carbons (Fsp3) is 0.467. The summed E-state index contributed by atoms with van der Waals surface area (Å²) in [6.07, 6.45) is -0.695. The molecular formula is C15H19NO4. The van der Waals surface area contributed by atoms with Gasteiger partial charge >= 0.3 is 5.97 Å². The van der Waals surface area contributed by atoms with Crippen molar-refractivity contribution in [3.05, 3.63) is 35.4 Å². The largest absolute Gasteiger partial charge is 0.479 e. The Kier molecular flexibility index (Phi) is 4.39. The second-order valence-corrected chi connectivity index (χ2v) is 5.17. The Morgan fingerprint density at radius 3 is 2.40 bits per heavy atom. The highest BCUT2D eigenvalue weighted by molar-refractivity contribution is 5.83. The zero-order valence-electron chi connectivity index (χ0n) is 11.6. The number of benzene rings is 1. The monoisotopic (exact) mass is 277 g/mol. The van der Waals surface area contributed by atoms with E-state index >= 15 is 0 Å². The second kappa shape index (κ2) is 6.05. The van der Waals surface area contributed by atoms with Crippen LogP contribution in [0.15, 0.2) is 24.3 Å². The molecule has 0 radical (unpaired) electrons. The summed E-state index contributed by atoms with van der Waals surface area (Å²) in [5.41, 5.74) is 2.17. The molecule has 2 rings (SSSR count). The van der Waals surface area contributed by atoms with E-state index in [1.54, 1.807) is 0 Å². The normalized spacial score (nSPS) is 23.3. The van der Waals surface area contributed by atoms with Crippen molar-refractivity contribution < 1.29 is 19.4 Å². The molecular weight excluding hydrogens is 258 g/mol. The lowest BCUT2D eigenvalue weighted by atomic mass is 10.1. The highest BCUT2D eigenvalue weighted by Crippen LogP contribution is 2.21. The topological polar surface area (TPSA) is 75.6 Å². The van der Waals surface area contributed by atoms with Gasteiger partial charge in [0.2, 0.25) is 5.91 Å². The Labute approximate surface area is 117 Å². The number of rotatable bonds is 4. The van der Waals surface area contributed by atoms with Crippen LogP contribution >= 0.6 is 0 Å². The van der Waals surface area contributed by atoms with Crippen LogP contribution in [0.5, 0.6) is 0 Å². The summed E-state index contributed by atoms with van der Waals surface area (Å²) < 4.78 is 5.23. The van der Waals surface area contributed by atoms with Gasteiger partial charge in [0, 0.05) is 0 Å². The zero-order valence-corrected chi connectivity index (χ0v) is 11.6. The molecule has 1 amide bonds. The minimum atomic E-state index is -1.01. The van der Waals surface area contributed by atoms with Crippen LogP contribution in [0, 0.1) is 6.92 Å². The van der Waals surface area contributed by atoms with Crippen LogP contribution in [0.4, 0.5) is 0 Å². The van der Waals surface area contributed by atoms with Gasteiger partial charge in [-0.2, -0.15) is 0 Å². The van der Waals surface area contributed by atoms with Crippen molar-refractivity contribution in [1.29, 1.82) is 0 Å². The highest BCUT2D eigenvalue weighted by Gasteiger charge is 2.35. The SMILES string of the molecule is Cc1ccc([C@H](C)NC(=O)C2CCC(C(=O)O)O2)cc1. The number of nitrogens with one attached hydrogen (secondary N) is 1. The second-order valence-electron chi connectivity index (χ2n) is 5.17. The lowest BCUT2D eigenvalue weighted by molar-refractivity contribution is -0.151. The van der Waals surface area contributed by atoms with Crippen LogP contribution in [-0.4, -0.2) is 29.2 Å². The third-order valence-corrected chi connectivity index (χ3v) is 3.52. The van der Waals surface area contributed by atoms with Gasteiger partial charge in [-0.05, 0) is 32.3 Å². The molecule has 3 atom stereocenters. The van der Waals surface area contributed by atoms with Gasteiger partial charge in [-0.1, -0.05) is 29.8 Å². The smallest absolute Gasteiger partial charge is 0.332 e. The molecule has 20 heavy (non-hydrogen) atoms. The van der Waals surface area contributed by atoms with Crippen LogP contribution in [0.1, 0.15) is 36.9 Å². The molecule has 1 aliphatic heterocycles. The average molecular weight is 277 g/mol. The standard InChI is InChI=1S/C15H19NO4/c1-9-3-5-11(6-4-9)10(2)16-14(17)12-7-8-13(20-12)15(18)19/h3-6,10,12-13H,7-8H2,1-2H3,(H,16,17)(H,18,19)/t10-,12?,13?/m0/s1. The Morgan fingerprint density at radius 1 is 1.25 bits per heavy atom. The molecule has 0 saturated carbocycles. The summed E-state index contributed by atoms with van der Waals surface area (Å²) in [7, 11) is 0. The van der Waals surface area contributed by atoms with E-state index in [-0.39, 0.29) is 11.9 Å². The first-order valence-corrected chi connectivity index (χ1v) is 6.72. The summed E-state index contributed by atoms with van der Waals surface area (Å²) in [6, 6.07) is 7.79. The zero-order chi connectivity index (χ0) is 14.7. The minimum absolute atomic E-state index is 0.129. The van der Waals surface area contributed by atoms with Crippen LogP contribution in [-0.2, 0) is 14.3 Å². The summed E-state index contributed by atoms with van der Waals surface area (Å²) in [4.78, 5) is 22.8. The van der Waals surface area contributed by atoms with Crippen molar-refractivity contribution in [3.63, 3.8) is 0 Å². The molecule has 1 saturated heterocycles. The number of hydrogen-bond donors (Lipinski definition) is 2. The number of aryl methyl sites for hydroxylation is 1. The van der Waals surface area contributed by atoms with Crippen molar-refractivity contribution in [2.24, 2.45) is 0 Å². The van der Waals surface area contributed by atoms with E-state index in [1.165, 1.54) is 0 Å². The van der Waals surface area contributed by atoms with Crippen molar-refractivity contribution >= 4 is 11.9 Å². The van der Waals surface area contributed by atoms with Crippen molar-refractivity contribution in [2.45, 2.75) is 44.9 Å². The van der Waals surface area contributed by atoms with Gasteiger partial charge in [0.1, 0.15) is 6.10 Å². The molecule has 2 unspecified atom stereocenters. The Hall–Kier alpha value is -1.88. The van der Waals surface area contributed by atoms with Gasteiger partial charge < -0.3 is 15.2 Å². The van der Waals surface area contributed by atoms with Crippen LogP contribution in [0.2, 0.25) is 0 Å². The van der Waals surface area contributed by atoms with Gasteiger partial charge in [-0.15, -0.1) is 0 Å². The molecule has 1 aromatic rings. The molecule has 0 aliphatic carbocycles. The van der Waals surface area contributed by atoms with Gasteiger partial charge in [-0.3, -0.25) is 4.79 Å². The number of carbonyl (C=O) groups excluding carboxylic acids is 1. The van der Waals surface area contributed by atoms with E-state index < -0.39 is 18.2 Å². The molecule has 1 aromatic carbocycles. The molecule has 5 heteroatoms. The van der Waals surface area contributed by atoms with E-state index in [0.717, 1.165) is 11.1 Å². The fourth-order valence-electron chi connectivity index (χ4n) is 2.26. The Balaban J connectivity index is 1.91. The predicted octanol–water partition coefficient (Wildman–Crippen LogP) is 1.80. The lowest BCUT2D eigenvalue weighted by Crippen LogP contribution is -2.37. The first-order chi connectivity index (χ1) is 9.47. The maximum Gasteiger partial charge on any atom is 0.332 e. The van der Waals surface area contributed by atoms with Crippen LogP contribution < -0.4 is 5.32 Å². The van der Waals surface area contributed by atoms with Gasteiger partial charge in [-0.25, -0.2) is 4.79 Å². The number of amides is 1. The molecule has 0 bridgehead atoms. The van der Waals surface area contributed by atoms with Crippen LogP contribution in [0.3, 0.4) is 0 Å². The molecule has 108 valence electrons. The van der Waals surface area contributed by atoms with E-state index in [2.05, 4.69) is 5.32 Å². The summed E-state index contributed by atoms with van der Waals surface area (Å²) in [5.74, 6) is -1.26. The maximum absolute atomic E-state index is 12.0. The van der Waals surface area contributed by atoms with Gasteiger partial charge in [0.15, 0.2) is 6.10 Å². The molecule has 1 aliphatic rings. The minimum Gasteiger partial charge on any atom is -0.479 e. The molecule has 1 fully saturated rings. The summed E-state index contributed by atoms with van der Waals surface area (Å²) in [6.45, 7) is 3.90. The number of hydrogen-bond acceptors (Lipinski definition) is 3. The average Bonchev–Trinajstić information content (AvgIpc) is 2.89. The van der Waals surface area contributed by atoms with Gasteiger partial charge in [0.05, 0.1) is 6.04 Å². The Bertz CT molecular complexity index is 497. The first-order valence-electron chi connectivity index (χ1n) is 6.72. The third kappa shape index (κ3) is 3.36. The molecule has 2 N–H and O–H groups in total. The van der Waals surface area contributed by atoms with E-state index in [4.69, 9.17) is 9.84 Å².